The van der Waals surface area contributed by atoms with Gasteiger partial charge in [0.25, 0.3) is 6.47 Å². The van der Waals surface area contributed by atoms with Crippen molar-refractivity contribution in [1.82, 2.24) is 15.1 Å². The number of carboxylic acid groups (broad SMARTS) is 1. The minimum absolute atomic E-state index is 0.250. The molecule has 0 saturated heterocycles. The van der Waals surface area contributed by atoms with Crippen LogP contribution in [0, 0.1) is 5.82 Å². The van der Waals surface area contributed by atoms with Gasteiger partial charge in [0.1, 0.15) is 5.82 Å². The molecule has 1 aliphatic heterocycles. The van der Waals surface area contributed by atoms with Crippen molar-refractivity contribution in [3.8, 4) is 0 Å². The number of hydrogen-bond acceptors (Lipinski definition) is 3. The Bertz CT molecular complexity index is 831. The summed E-state index contributed by atoms with van der Waals surface area (Å²) in [5.41, 5.74) is 2.98. The predicted molar refractivity (Wildman–Crippen MR) is 93.3 cm³/mol. The van der Waals surface area contributed by atoms with E-state index in [1.165, 1.54) is 30.2 Å². The molecule has 2 aliphatic rings. The van der Waals surface area contributed by atoms with E-state index >= 15 is 0 Å². The molecule has 0 spiro atoms. The van der Waals surface area contributed by atoms with Gasteiger partial charge in [0.2, 0.25) is 0 Å². The fourth-order valence-electron chi connectivity index (χ4n) is 3.50. The third kappa shape index (κ3) is 4.70. The highest BCUT2D eigenvalue weighted by Gasteiger charge is 2.32. The van der Waals surface area contributed by atoms with Gasteiger partial charge in [0.05, 0.1) is 11.3 Å². The van der Waals surface area contributed by atoms with Gasteiger partial charge in [-0.3, -0.25) is 14.8 Å². The van der Waals surface area contributed by atoms with Crippen LogP contribution in [0.4, 0.5) is 17.6 Å². The van der Waals surface area contributed by atoms with Crippen LogP contribution in [0.1, 0.15) is 46.8 Å². The van der Waals surface area contributed by atoms with Gasteiger partial charge in [0, 0.05) is 43.2 Å². The Kier molecular flexibility index (Phi) is 6.02. The Hall–Kier alpha value is -2.42. The number of halogens is 4. The number of carbonyl (C=O) groups is 1. The van der Waals surface area contributed by atoms with Gasteiger partial charge in [-0.05, 0) is 37.0 Å². The highest BCUT2D eigenvalue weighted by atomic mass is 19.4. The van der Waals surface area contributed by atoms with Crippen molar-refractivity contribution >= 4 is 6.47 Å². The van der Waals surface area contributed by atoms with E-state index in [0.29, 0.717) is 24.1 Å². The van der Waals surface area contributed by atoms with Crippen LogP contribution in [0.5, 0.6) is 0 Å². The van der Waals surface area contributed by atoms with E-state index in [1.807, 2.05) is 0 Å². The highest BCUT2D eigenvalue weighted by Crippen LogP contribution is 2.41. The van der Waals surface area contributed by atoms with E-state index < -0.39 is 17.6 Å². The van der Waals surface area contributed by atoms with Crippen molar-refractivity contribution in [3.05, 3.63) is 52.1 Å². The van der Waals surface area contributed by atoms with Crippen molar-refractivity contribution in [2.75, 3.05) is 13.1 Å². The molecule has 5 nitrogen and oxygen atoms in total. The van der Waals surface area contributed by atoms with Crippen molar-refractivity contribution in [2.24, 2.45) is 0 Å². The molecule has 1 aliphatic carbocycles. The predicted octanol–water partition coefficient (Wildman–Crippen LogP) is 3.75. The maximum Gasteiger partial charge on any atom is 0.416 e. The quantitative estimate of drug-likeness (QED) is 0.609. The number of nitrogens with zero attached hydrogens (tertiary/aromatic N) is 2. The van der Waals surface area contributed by atoms with E-state index in [2.05, 4.69) is 15.1 Å². The number of hydrogen-bond donors (Lipinski definition) is 2. The Balaban J connectivity index is 0.000000706. The average molecular weight is 399 g/mol. The summed E-state index contributed by atoms with van der Waals surface area (Å²) in [5, 5.41) is 14.5. The number of fused-ring (bicyclic) bond motifs is 1. The first kappa shape index (κ1) is 20.3. The average Bonchev–Trinajstić information content (AvgIpc) is 3.42. The third-order valence-corrected chi connectivity index (χ3v) is 5.08. The van der Waals surface area contributed by atoms with E-state index in [1.54, 1.807) is 0 Å². The summed E-state index contributed by atoms with van der Waals surface area (Å²) in [6, 6.07) is 2.79. The lowest BCUT2D eigenvalue weighted by Gasteiger charge is -2.20. The monoisotopic (exact) mass is 399 g/mol. The van der Waals surface area contributed by atoms with Gasteiger partial charge in [-0.15, -0.1) is 0 Å². The van der Waals surface area contributed by atoms with E-state index in [-0.39, 0.29) is 6.47 Å². The molecular weight excluding hydrogens is 378 g/mol. The number of H-pyrrole nitrogens is 1. The first-order valence-electron chi connectivity index (χ1n) is 9.05. The van der Waals surface area contributed by atoms with Gasteiger partial charge in [0.15, 0.2) is 0 Å². The zero-order valence-electron chi connectivity index (χ0n) is 15.1. The Morgan fingerprint density at radius 1 is 1.25 bits per heavy atom. The van der Waals surface area contributed by atoms with Gasteiger partial charge >= 0.3 is 6.18 Å². The summed E-state index contributed by atoms with van der Waals surface area (Å²) in [4.78, 5) is 10.5. The molecule has 0 radical (unpaired) electrons. The summed E-state index contributed by atoms with van der Waals surface area (Å²) < 4.78 is 52.0. The molecule has 1 fully saturated rings. The van der Waals surface area contributed by atoms with Crippen LogP contribution < -0.4 is 0 Å². The fraction of sp³-hybridized carbons (Fsp3) is 0.474. The van der Waals surface area contributed by atoms with Gasteiger partial charge < -0.3 is 5.11 Å². The number of rotatable bonds is 3. The summed E-state index contributed by atoms with van der Waals surface area (Å²) in [7, 11) is 0. The number of benzene rings is 1. The standard InChI is InChI=1S/C18H19F4N3.CH2O2/c19-15-9-13(18(20,21)22)4-3-12(15)10-25-7-5-14-16(6-8-25)23-24-17(14)11-1-2-11;2-1-3/h3-4,9,11H,1-2,5-8,10H2,(H,23,24);1H,(H,2,3). The minimum Gasteiger partial charge on any atom is -0.483 e. The largest absolute Gasteiger partial charge is 0.483 e. The van der Waals surface area contributed by atoms with Crippen molar-refractivity contribution in [1.29, 1.82) is 0 Å². The van der Waals surface area contributed by atoms with Gasteiger partial charge in [-0.2, -0.15) is 18.3 Å². The smallest absolute Gasteiger partial charge is 0.416 e. The number of nitrogens with one attached hydrogen (secondary N) is 1. The molecule has 2 N–H and O–H groups in total. The Morgan fingerprint density at radius 2 is 1.93 bits per heavy atom. The molecule has 4 rings (SSSR count). The third-order valence-electron chi connectivity index (χ3n) is 5.08. The molecule has 9 heteroatoms. The molecule has 2 heterocycles. The number of alkyl halides is 3. The Labute approximate surface area is 159 Å². The molecule has 0 unspecified atom stereocenters. The van der Waals surface area contributed by atoms with Gasteiger partial charge in [-0.1, -0.05) is 6.07 Å². The van der Waals surface area contributed by atoms with Crippen molar-refractivity contribution in [3.63, 3.8) is 0 Å². The second-order valence-corrected chi connectivity index (χ2v) is 7.03. The second kappa shape index (κ2) is 8.30. The molecule has 152 valence electrons. The fourth-order valence-corrected chi connectivity index (χ4v) is 3.50. The zero-order valence-corrected chi connectivity index (χ0v) is 15.1. The topological polar surface area (TPSA) is 69.2 Å². The molecule has 2 aromatic rings. The molecule has 28 heavy (non-hydrogen) atoms. The normalized spacial score (nSPS) is 17.3. The lowest BCUT2D eigenvalue weighted by molar-refractivity contribution is -0.137. The Morgan fingerprint density at radius 3 is 2.54 bits per heavy atom. The summed E-state index contributed by atoms with van der Waals surface area (Å²) in [5.74, 6) is -0.211. The van der Waals surface area contributed by atoms with Crippen molar-refractivity contribution < 1.29 is 27.5 Å². The molecule has 0 bridgehead atoms. The first-order chi connectivity index (χ1) is 13.3. The number of aromatic nitrogens is 2. The minimum atomic E-state index is -4.52. The molecule has 0 amide bonds. The summed E-state index contributed by atoms with van der Waals surface area (Å²) >= 11 is 0. The van der Waals surface area contributed by atoms with Crippen LogP contribution >= 0.6 is 0 Å². The summed E-state index contributed by atoms with van der Waals surface area (Å²) in [6.07, 6.45) is -0.482. The van der Waals surface area contributed by atoms with Crippen LogP contribution in [0.15, 0.2) is 18.2 Å². The van der Waals surface area contributed by atoms with E-state index in [9.17, 15) is 17.6 Å². The molecule has 1 aromatic heterocycles. The van der Waals surface area contributed by atoms with Crippen LogP contribution in [-0.4, -0.2) is 39.8 Å². The van der Waals surface area contributed by atoms with E-state index in [0.717, 1.165) is 37.7 Å². The lowest BCUT2D eigenvalue weighted by Crippen LogP contribution is -2.26. The lowest BCUT2D eigenvalue weighted by atomic mass is 10.1. The maximum absolute atomic E-state index is 14.1. The molecule has 1 saturated carbocycles. The molecule has 1 aromatic carbocycles. The first-order valence-corrected chi connectivity index (χ1v) is 9.05. The van der Waals surface area contributed by atoms with Crippen LogP contribution in [0.3, 0.4) is 0 Å². The van der Waals surface area contributed by atoms with Gasteiger partial charge in [-0.25, -0.2) is 4.39 Å². The van der Waals surface area contributed by atoms with Crippen LogP contribution in [0.2, 0.25) is 0 Å². The SMILES string of the molecule is Fc1cc(C(F)(F)F)ccc1CN1CCc2[nH]nc(C3CC3)c2CC1.O=CO. The summed E-state index contributed by atoms with van der Waals surface area (Å²) in [6.45, 7) is 1.56. The zero-order chi connectivity index (χ0) is 20.3. The van der Waals surface area contributed by atoms with Crippen LogP contribution in [0.25, 0.3) is 0 Å². The molecule has 0 atom stereocenters. The highest BCUT2D eigenvalue weighted by molar-refractivity contribution is 5.33. The van der Waals surface area contributed by atoms with Crippen LogP contribution in [-0.2, 0) is 30.4 Å². The second-order valence-electron chi connectivity index (χ2n) is 7.03. The molecular formula is C19H21F4N3O2. The maximum atomic E-state index is 14.1. The van der Waals surface area contributed by atoms with Crippen molar-refractivity contribution in [2.45, 2.75) is 44.3 Å². The van der Waals surface area contributed by atoms with E-state index in [4.69, 9.17) is 9.90 Å². The number of aromatic amines is 1.